The lowest BCUT2D eigenvalue weighted by atomic mass is 9.50. The highest BCUT2D eigenvalue weighted by Crippen LogP contribution is 2.65. The molecule has 12 nitrogen and oxygen atoms in total. The third-order valence-corrected chi connectivity index (χ3v) is 8.62. The number of ether oxygens (including phenoxy) is 4. The zero-order valence-electron chi connectivity index (χ0n) is 23.1. The molecule has 4 aliphatic rings. The quantitative estimate of drug-likeness (QED) is 0.318. The molecule has 216 valence electrons. The number of hydrogen-bond acceptors (Lipinski definition) is 11. The zero-order chi connectivity index (χ0) is 29.1. The molecule has 1 amide bonds. The minimum Gasteiger partial charge on any atom is -0.504 e. The molecule has 1 aromatic carbocycles. The third-order valence-electron chi connectivity index (χ3n) is 8.62. The SMILES string of the molecule is CC(=O)O[C@@H](C)C(=O)N[C@@H](C)C(=O)OC(C)C(=O)OC1=CC[C@@]2(O)[C@H]3Cc4ccc(O)c5c4[C@@]2(CCN3C)[C@H]1O5. The highest BCUT2D eigenvalue weighted by atomic mass is 16.6. The first-order valence-corrected chi connectivity index (χ1v) is 13.3. The molecule has 1 spiro atoms. The molecule has 2 bridgehead atoms. The molecule has 40 heavy (non-hydrogen) atoms. The molecule has 3 N–H and O–H groups in total. The number of aliphatic hydroxyl groups is 1. The molecule has 1 aromatic rings. The summed E-state index contributed by atoms with van der Waals surface area (Å²) in [4.78, 5) is 50.9. The third kappa shape index (κ3) is 4.12. The van der Waals surface area contributed by atoms with E-state index in [1.165, 1.54) is 20.8 Å². The van der Waals surface area contributed by atoms with Gasteiger partial charge in [0.1, 0.15) is 11.8 Å². The lowest BCUT2D eigenvalue weighted by Crippen LogP contribution is -2.74. The molecule has 0 radical (unpaired) electrons. The van der Waals surface area contributed by atoms with Crippen LogP contribution < -0.4 is 10.1 Å². The predicted octanol–water partition coefficient (Wildman–Crippen LogP) is 0.601. The average molecular weight is 559 g/mol. The number of piperidine rings is 1. The summed E-state index contributed by atoms with van der Waals surface area (Å²) >= 11 is 0. The first-order chi connectivity index (χ1) is 18.8. The van der Waals surface area contributed by atoms with Crippen LogP contribution in [0.4, 0.5) is 0 Å². The molecule has 2 aliphatic heterocycles. The van der Waals surface area contributed by atoms with Gasteiger partial charge in [-0.25, -0.2) is 9.59 Å². The number of aromatic hydroxyl groups is 1. The number of phenols is 1. The van der Waals surface area contributed by atoms with Gasteiger partial charge >= 0.3 is 17.9 Å². The minimum absolute atomic E-state index is 0.0470. The van der Waals surface area contributed by atoms with E-state index in [4.69, 9.17) is 18.9 Å². The van der Waals surface area contributed by atoms with Crippen molar-refractivity contribution in [1.29, 1.82) is 0 Å². The van der Waals surface area contributed by atoms with Crippen molar-refractivity contribution in [2.45, 2.75) is 88.4 Å². The Balaban J connectivity index is 1.31. The number of likely N-dealkylation sites (tertiary alicyclic amines) is 1. The van der Waals surface area contributed by atoms with Crippen LogP contribution in [-0.2, 0) is 45.2 Å². The molecule has 2 aliphatic carbocycles. The van der Waals surface area contributed by atoms with Gasteiger partial charge in [0.25, 0.3) is 5.91 Å². The second-order valence-corrected chi connectivity index (χ2v) is 11.1. The monoisotopic (exact) mass is 558 g/mol. The number of hydrogen-bond donors (Lipinski definition) is 3. The second-order valence-electron chi connectivity index (χ2n) is 11.1. The van der Waals surface area contributed by atoms with E-state index in [2.05, 4.69) is 10.2 Å². The highest BCUT2D eigenvalue weighted by molar-refractivity contribution is 5.88. The van der Waals surface area contributed by atoms with E-state index in [-0.39, 0.29) is 24.0 Å². The lowest BCUT2D eigenvalue weighted by Gasteiger charge is -2.61. The van der Waals surface area contributed by atoms with E-state index in [1.807, 2.05) is 13.1 Å². The summed E-state index contributed by atoms with van der Waals surface area (Å²) in [5, 5.41) is 25.2. The van der Waals surface area contributed by atoms with Gasteiger partial charge in [-0.15, -0.1) is 0 Å². The van der Waals surface area contributed by atoms with Gasteiger partial charge in [-0.2, -0.15) is 0 Å². The van der Waals surface area contributed by atoms with Gasteiger partial charge in [-0.1, -0.05) is 6.07 Å². The smallest absolute Gasteiger partial charge is 0.352 e. The van der Waals surface area contributed by atoms with Gasteiger partial charge < -0.3 is 39.4 Å². The first-order valence-electron chi connectivity index (χ1n) is 13.3. The van der Waals surface area contributed by atoms with Gasteiger partial charge in [0.05, 0.1) is 11.0 Å². The van der Waals surface area contributed by atoms with E-state index in [1.54, 1.807) is 12.1 Å². The number of likely N-dealkylation sites (N-methyl/N-ethyl adjacent to an activating group) is 1. The molecule has 1 fully saturated rings. The number of nitrogens with one attached hydrogen (secondary N) is 1. The summed E-state index contributed by atoms with van der Waals surface area (Å²) < 4.78 is 22.0. The van der Waals surface area contributed by atoms with Crippen molar-refractivity contribution in [3.63, 3.8) is 0 Å². The van der Waals surface area contributed by atoms with Crippen LogP contribution in [0.3, 0.4) is 0 Å². The fourth-order valence-corrected chi connectivity index (χ4v) is 6.65. The molecule has 0 aromatic heterocycles. The highest BCUT2D eigenvalue weighted by Gasteiger charge is 2.72. The minimum atomic E-state index is -1.33. The molecule has 1 unspecified atom stereocenters. The number of carbonyl (C=O) groups excluding carboxylic acids is 4. The van der Waals surface area contributed by atoms with Crippen LogP contribution in [-0.4, -0.2) is 88.5 Å². The molecule has 2 heterocycles. The normalized spacial score (nSPS) is 30.0. The molecule has 1 saturated heterocycles. The number of phenolic OH excluding ortho intramolecular Hbond substituents is 1. The predicted molar refractivity (Wildman–Crippen MR) is 137 cm³/mol. The number of esters is 3. The van der Waals surface area contributed by atoms with E-state index in [9.17, 15) is 29.4 Å². The fourth-order valence-electron chi connectivity index (χ4n) is 6.65. The van der Waals surface area contributed by atoms with Crippen molar-refractivity contribution in [3.8, 4) is 11.5 Å². The van der Waals surface area contributed by atoms with Gasteiger partial charge in [-0.05, 0) is 64.9 Å². The van der Waals surface area contributed by atoms with Crippen molar-refractivity contribution in [3.05, 3.63) is 35.1 Å². The number of carbonyl (C=O) groups is 4. The van der Waals surface area contributed by atoms with E-state index in [0.717, 1.165) is 18.1 Å². The Labute approximate surface area is 231 Å². The summed E-state index contributed by atoms with van der Waals surface area (Å²) in [6.45, 7) is 5.91. The zero-order valence-corrected chi connectivity index (χ0v) is 23.1. The molecule has 5 rings (SSSR count). The number of rotatable bonds is 7. The van der Waals surface area contributed by atoms with Crippen LogP contribution in [0.25, 0.3) is 0 Å². The van der Waals surface area contributed by atoms with Crippen molar-refractivity contribution in [2.75, 3.05) is 13.6 Å². The van der Waals surface area contributed by atoms with Crippen LogP contribution >= 0.6 is 0 Å². The summed E-state index contributed by atoms with van der Waals surface area (Å²) in [6.07, 6.45) is -0.351. The van der Waals surface area contributed by atoms with Gasteiger partial charge in [0, 0.05) is 24.9 Å². The fraction of sp³-hybridized carbons (Fsp3) is 0.571. The molecule has 0 saturated carbocycles. The Morgan fingerprint density at radius 2 is 1.85 bits per heavy atom. The standard InChI is InChI=1S/C28H34N2O10/c1-13(29-24(33)14(2)37-16(4)31)25(34)38-15(3)26(35)39-19-8-9-28(36)20-12-17-6-7-18(32)22-21(17)27(28,23(19)40-22)10-11-30(20)5/h6-8,13-15,20,23,32,36H,9-12H2,1-5H3,(H,29,33)/t13-,14-,15?,20+,23-,27-,28+/m0/s1. The average Bonchev–Trinajstić information content (AvgIpc) is 3.24. The van der Waals surface area contributed by atoms with Crippen LogP contribution in [0, 0.1) is 0 Å². The Morgan fingerprint density at radius 1 is 1.12 bits per heavy atom. The van der Waals surface area contributed by atoms with Gasteiger partial charge in [0.15, 0.2) is 29.8 Å². The maximum Gasteiger partial charge on any atom is 0.352 e. The van der Waals surface area contributed by atoms with Crippen molar-refractivity contribution in [2.24, 2.45) is 0 Å². The maximum atomic E-state index is 13.1. The largest absolute Gasteiger partial charge is 0.504 e. The summed E-state index contributed by atoms with van der Waals surface area (Å²) in [5.41, 5.74) is -0.391. The number of nitrogens with zero attached hydrogens (tertiary/aromatic N) is 1. The van der Waals surface area contributed by atoms with Crippen molar-refractivity contribution >= 4 is 23.8 Å². The molecular weight excluding hydrogens is 524 g/mol. The van der Waals surface area contributed by atoms with Gasteiger partial charge in [0.2, 0.25) is 0 Å². The Bertz CT molecular complexity index is 1310. The second kappa shape index (κ2) is 9.77. The summed E-state index contributed by atoms with van der Waals surface area (Å²) in [5.74, 6) is -2.66. The Morgan fingerprint density at radius 3 is 2.55 bits per heavy atom. The van der Waals surface area contributed by atoms with Crippen LogP contribution in [0.1, 0.15) is 51.7 Å². The van der Waals surface area contributed by atoms with Crippen molar-refractivity contribution in [1.82, 2.24) is 10.2 Å². The first kappa shape index (κ1) is 27.9. The Hall–Kier alpha value is -3.64. The van der Waals surface area contributed by atoms with Crippen LogP contribution in [0.2, 0.25) is 0 Å². The van der Waals surface area contributed by atoms with E-state index >= 15 is 0 Å². The van der Waals surface area contributed by atoms with Gasteiger partial charge in [-0.3, -0.25) is 9.59 Å². The van der Waals surface area contributed by atoms with Crippen molar-refractivity contribution < 1.29 is 48.3 Å². The van der Waals surface area contributed by atoms with E-state index in [0.29, 0.717) is 25.1 Å². The topological polar surface area (TPSA) is 161 Å². The molecular formula is C28H34N2O10. The Kier molecular flexibility index (Phi) is 6.82. The van der Waals surface area contributed by atoms with E-state index < -0.39 is 59.2 Å². The molecule has 7 atom stereocenters. The summed E-state index contributed by atoms with van der Waals surface area (Å²) in [6, 6.07) is 2.11. The maximum absolute atomic E-state index is 13.1. The summed E-state index contributed by atoms with van der Waals surface area (Å²) in [7, 11) is 1.97. The number of amides is 1. The van der Waals surface area contributed by atoms with Crippen LogP contribution in [0.5, 0.6) is 11.5 Å². The number of benzene rings is 1. The molecule has 12 heteroatoms. The van der Waals surface area contributed by atoms with Crippen LogP contribution in [0.15, 0.2) is 24.0 Å². The lowest BCUT2D eigenvalue weighted by molar-refractivity contribution is -0.176.